The van der Waals surface area contributed by atoms with E-state index in [4.69, 9.17) is 5.73 Å². The number of fused-ring (bicyclic) bond motifs is 1. The van der Waals surface area contributed by atoms with Crippen LogP contribution in [0.1, 0.15) is 5.56 Å². The minimum Gasteiger partial charge on any atom is -0.368 e. The number of hydrogen-bond donors (Lipinski definition) is 1. The first-order valence-corrected chi connectivity index (χ1v) is 9.60. The number of nitrogen functional groups attached to an aromatic ring is 1. The van der Waals surface area contributed by atoms with Gasteiger partial charge in [0.15, 0.2) is 0 Å². The molecule has 0 unspecified atom stereocenters. The molecule has 2 heterocycles. The lowest BCUT2D eigenvalue weighted by molar-refractivity contribution is 0.837. The van der Waals surface area contributed by atoms with E-state index in [0.717, 1.165) is 34.4 Å². The van der Waals surface area contributed by atoms with Crippen molar-refractivity contribution in [3.05, 3.63) is 103 Å². The molecule has 3 aromatic carbocycles. The van der Waals surface area contributed by atoms with Gasteiger partial charge in [-0.25, -0.2) is 9.97 Å². The topological polar surface area (TPSA) is 56.7 Å². The Bertz CT molecular complexity index is 1270. The van der Waals surface area contributed by atoms with Crippen molar-refractivity contribution in [2.24, 2.45) is 0 Å². The Kier molecular flexibility index (Phi) is 4.30. The largest absolute Gasteiger partial charge is 0.368 e. The van der Waals surface area contributed by atoms with Crippen LogP contribution < -0.4 is 5.73 Å². The number of aromatic nitrogens is 3. The fraction of sp³-hybridized carbons (Fsp3) is 0.0400. The van der Waals surface area contributed by atoms with E-state index in [9.17, 15) is 0 Å². The van der Waals surface area contributed by atoms with Crippen LogP contribution in [0.5, 0.6) is 0 Å². The van der Waals surface area contributed by atoms with Gasteiger partial charge in [0, 0.05) is 34.8 Å². The highest BCUT2D eigenvalue weighted by Gasteiger charge is 2.14. The summed E-state index contributed by atoms with van der Waals surface area (Å²) in [5, 5.41) is 1.15. The zero-order valence-corrected chi connectivity index (χ0v) is 15.9. The van der Waals surface area contributed by atoms with E-state index < -0.39 is 0 Å². The molecular formula is C25H20N4. The van der Waals surface area contributed by atoms with Crippen molar-refractivity contribution in [1.82, 2.24) is 14.5 Å². The van der Waals surface area contributed by atoms with E-state index in [1.807, 2.05) is 42.5 Å². The molecular weight excluding hydrogens is 356 g/mol. The fourth-order valence-corrected chi connectivity index (χ4v) is 3.72. The number of benzene rings is 3. The standard InChI is InChI=1S/C25H20N4/c26-25-27-22(19-11-5-2-6-12-19)15-23(28-25)21-17-29(16-18-9-3-1-4-10-18)24-14-8-7-13-20(21)24/h1-15,17H,16H2,(H2,26,27,28). The normalized spacial score (nSPS) is 11.0. The van der Waals surface area contributed by atoms with Crippen LogP contribution in [0.2, 0.25) is 0 Å². The van der Waals surface area contributed by atoms with Crippen LogP contribution in [0.15, 0.2) is 97.2 Å². The van der Waals surface area contributed by atoms with Crippen LogP contribution in [-0.4, -0.2) is 14.5 Å². The molecule has 2 aromatic heterocycles. The highest BCUT2D eigenvalue weighted by molar-refractivity contribution is 5.95. The van der Waals surface area contributed by atoms with Crippen LogP contribution in [0.25, 0.3) is 33.4 Å². The smallest absolute Gasteiger partial charge is 0.221 e. The van der Waals surface area contributed by atoms with Crippen molar-refractivity contribution < 1.29 is 0 Å². The number of hydrogen-bond acceptors (Lipinski definition) is 3. The van der Waals surface area contributed by atoms with Crippen molar-refractivity contribution in [2.75, 3.05) is 5.73 Å². The molecule has 4 heteroatoms. The van der Waals surface area contributed by atoms with Crippen molar-refractivity contribution >= 4 is 16.9 Å². The summed E-state index contributed by atoms with van der Waals surface area (Å²) in [5.41, 5.74) is 12.2. The average molecular weight is 376 g/mol. The number of nitrogens with two attached hydrogens (primary N) is 1. The van der Waals surface area contributed by atoms with E-state index in [1.165, 1.54) is 11.1 Å². The van der Waals surface area contributed by atoms with Crippen LogP contribution in [-0.2, 0) is 6.54 Å². The quantitative estimate of drug-likeness (QED) is 0.457. The molecule has 5 rings (SSSR count). The molecule has 0 aliphatic carbocycles. The molecule has 0 atom stereocenters. The second kappa shape index (κ2) is 7.24. The van der Waals surface area contributed by atoms with Gasteiger partial charge in [0.05, 0.1) is 11.4 Å². The SMILES string of the molecule is Nc1nc(-c2ccccc2)cc(-c2cn(Cc3ccccc3)c3ccccc23)n1. The molecule has 2 N–H and O–H groups in total. The second-order valence-corrected chi connectivity index (χ2v) is 7.04. The summed E-state index contributed by atoms with van der Waals surface area (Å²) < 4.78 is 2.26. The minimum absolute atomic E-state index is 0.279. The third-order valence-corrected chi connectivity index (χ3v) is 5.07. The van der Waals surface area contributed by atoms with Crippen LogP contribution >= 0.6 is 0 Å². The lowest BCUT2D eigenvalue weighted by Crippen LogP contribution is -1.99. The highest BCUT2D eigenvalue weighted by Crippen LogP contribution is 2.32. The zero-order chi connectivity index (χ0) is 19.6. The molecule has 0 spiro atoms. The molecule has 0 aliphatic heterocycles. The summed E-state index contributed by atoms with van der Waals surface area (Å²) in [7, 11) is 0. The van der Waals surface area contributed by atoms with Gasteiger partial charge in [-0.15, -0.1) is 0 Å². The van der Waals surface area contributed by atoms with Gasteiger partial charge in [-0.1, -0.05) is 78.9 Å². The molecule has 0 radical (unpaired) electrons. The summed E-state index contributed by atoms with van der Waals surface area (Å²) in [6.07, 6.45) is 2.16. The summed E-state index contributed by atoms with van der Waals surface area (Å²) >= 11 is 0. The van der Waals surface area contributed by atoms with E-state index >= 15 is 0 Å². The predicted molar refractivity (Wildman–Crippen MR) is 118 cm³/mol. The average Bonchev–Trinajstić information content (AvgIpc) is 3.13. The first kappa shape index (κ1) is 17.2. The van der Waals surface area contributed by atoms with Crippen LogP contribution in [0.4, 0.5) is 5.95 Å². The summed E-state index contributed by atoms with van der Waals surface area (Å²) in [5.74, 6) is 0.279. The van der Waals surface area contributed by atoms with Crippen LogP contribution in [0, 0.1) is 0 Å². The number of nitrogens with zero attached hydrogens (tertiary/aromatic N) is 3. The molecule has 4 nitrogen and oxygen atoms in total. The van der Waals surface area contributed by atoms with E-state index in [-0.39, 0.29) is 5.95 Å². The van der Waals surface area contributed by atoms with Crippen molar-refractivity contribution in [1.29, 1.82) is 0 Å². The molecule has 0 amide bonds. The van der Waals surface area contributed by atoms with Gasteiger partial charge in [-0.05, 0) is 17.7 Å². The Hall–Kier alpha value is -3.92. The predicted octanol–water partition coefficient (Wildman–Crippen LogP) is 5.40. The molecule has 29 heavy (non-hydrogen) atoms. The molecule has 0 bridgehead atoms. The lowest BCUT2D eigenvalue weighted by atomic mass is 10.1. The Balaban J connectivity index is 1.65. The first-order valence-electron chi connectivity index (χ1n) is 9.60. The second-order valence-electron chi connectivity index (χ2n) is 7.04. The highest BCUT2D eigenvalue weighted by atomic mass is 15.0. The van der Waals surface area contributed by atoms with E-state index in [0.29, 0.717) is 0 Å². The van der Waals surface area contributed by atoms with Gasteiger partial charge in [0.1, 0.15) is 0 Å². The van der Waals surface area contributed by atoms with E-state index in [2.05, 4.69) is 69.3 Å². The Labute approximate surface area is 169 Å². The molecule has 0 aliphatic rings. The fourth-order valence-electron chi connectivity index (χ4n) is 3.72. The molecule has 0 fully saturated rings. The minimum atomic E-state index is 0.279. The summed E-state index contributed by atoms with van der Waals surface area (Å²) in [6.45, 7) is 0.799. The maximum Gasteiger partial charge on any atom is 0.221 e. The van der Waals surface area contributed by atoms with Crippen molar-refractivity contribution in [3.63, 3.8) is 0 Å². The van der Waals surface area contributed by atoms with Gasteiger partial charge in [-0.2, -0.15) is 0 Å². The van der Waals surface area contributed by atoms with Gasteiger partial charge in [0.25, 0.3) is 0 Å². The van der Waals surface area contributed by atoms with Gasteiger partial charge in [0.2, 0.25) is 5.95 Å². The van der Waals surface area contributed by atoms with Gasteiger partial charge < -0.3 is 10.3 Å². The molecule has 140 valence electrons. The lowest BCUT2D eigenvalue weighted by Gasteiger charge is -2.06. The summed E-state index contributed by atoms with van der Waals surface area (Å²) in [4.78, 5) is 9.00. The maximum atomic E-state index is 6.08. The van der Waals surface area contributed by atoms with Crippen molar-refractivity contribution in [3.8, 4) is 22.5 Å². The number of rotatable bonds is 4. The summed E-state index contributed by atoms with van der Waals surface area (Å²) in [6, 6.07) is 30.9. The zero-order valence-electron chi connectivity index (χ0n) is 15.9. The maximum absolute atomic E-state index is 6.08. The Morgan fingerprint density at radius 1 is 0.724 bits per heavy atom. The van der Waals surface area contributed by atoms with Gasteiger partial charge in [-0.3, -0.25) is 0 Å². The van der Waals surface area contributed by atoms with Crippen molar-refractivity contribution in [2.45, 2.75) is 6.54 Å². The molecule has 0 saturated heterocycles. The Morgan fingerprint density at radius 3 is 2.17 bits per heavy atom. The monoisotopic (exact) mass is 376 g/mol. The third-order valence-electron chi connectivity index (χ3n) is 5.07. The van der Waals surface area contributed by atoms with Crippen LogP contribution in [0.3, 0.4) is 0 Å². The van der Waals surface area contributed by atoms with E-state index in [1.54, 1.807) is 0 Å². The Morgan fingerprint density at radius 2 is 1.38 bits per heavy atom. The molecule has 5 aromatic rings. The van der Waals surface area contributed by atoms with Gasteiger partial charge >= 0.3 is 0 Å². The first-order chi connectivity index (χ1) is 14.3. The molecule has 0 saturated carbocycles. The third kappa shape index (κ3) is 3.36. The number of para-hydroxylation sites is 1. The number of anilines is 1.